The fraction of sp³-hybridized carbons (Fsp3) is 0.500. The number of H-pyrrole nitrogens is 1. The van der Waals surface area contributed by atoms with Gasteiger partial charge in [-0.1, -0.05) is 13.8 Å². The van der Waals surface area contributed by atoms with Crippen LogP contribution < -0.4 is 11.1 Å². The van der Waals surface area contributed by atoms with Gasteiger partial charge in [0, 0.05) is 17.6 Å². The SMILES string of the molecule is CCC(CC)(CO)CNc1ccc2oc(=O)[nH]c2c1. The topological polar surface area (TPSA) is 78.3 Å². The normalized spacial score (nSPS) is 11.9. The van der Waals surface area contributed by atoms with Gasteiger partial charge in [0.2, 0.25) is 0 Å². The molecule has 19 heavy (non-hydrogen) atoms. The average molecular weight is 264 g/mol. The summed E-state index contributed by atoms with van der Waals surface area (Å²) >= 11 is 0. The standard InChI is InChI=1S/C14H20N2O3/c1-3-14(4-2,9-17)8-15-10-5-6-12-11(7-10)16-13(18)19-12/h5-7,15,17H,3-4,8-9H2,1-2H3,(H,16,18). The number of nitrogens with one attached hydrogen (secondary N) is 2. The van der Waals surface area contributed by atoms with E-state index in [0.29, 0.717) is 17.6 Å². The lowest BCUT2D eigenvalue weighted by Gasteiger charge is -2.30. The highest BCUT2D eigenvalue weighted by atomic mass is 16.4. The Kier molecular flexibility index (Phi) is 3.95. The number of rotatable bonds is 6. The zero-order chi connectivity index (χ0) is 13.9. The summed E-state index contributed by atoms with van der Waals surface area (Å²) in [5, 5.41) is 12.8. The van der Waals surface area contributed by atoms with Gasteiger partial charge < -0.3 is 14.8 Å². The van der Waals surface area contributed by atoms with Crippen LogP contribution in [0, 0.1) is 5.41 Å². The van der Waals surface area contributed by atoms with Gasteiger partial charge in [-0.05, 0) is 31.0 Å². The monoisotopic (exact) mass is 264 g/mol. The van der Waals surface area contributed by atoms with E-state index in [0.717, 1.165) is 18.5 Å². The third kappa shape index (κ3) is 2.81. The van der Waals surface area contributed by atoms with Gasteiger partial charge in [-0.25, -0.2) is 4.79 Å². The van der Waals surface area contributed by atoms with E-state index in [1.807, 2.05) is 12.1 Å². The largest absolute Gasteiger partial charge is 0.417 e. The van der Waals surface area contributed by atoms with E-state index in [9.17, 15) is 9.90 Å². The number of anilines is 1. The lowest BCUT2D eigenvalue weighted by molar-refractivity contribution is 0.127. The molecule has 0 unspecified atom stereocenters. The van der Waals surface area contributed by atoms with Crippen LogP contribution >= 0.6 is 0 Å². The van der Waals surface area contributed by atoms with Crippen molar-refractivity contribution < 1.29 is 9.52 Å². The Balaban J connectivity index is 2.15. The van der Waals surface area contributed by atoms with Crippen molar-refractivity contribution in [2.24, 2.45) is 5.41 Å². The van der Waals surface area contributed by atoms with Gasteiger partial charge in [0.25, 0.3) is 0 Å². The van der Waals surface area contributed by atoms with Crippen molar-refractivity contribution in [3.63, 3.8) is 0 Å². The van der Waals surface area contributed by atoms with Crippen molar-refractivity contribution in [1.29, 1.82) is 0 Å². The van der Waals surface area contributed by atoms with Crippen LogP contribution in [0.5, 0.6) is 0 Å². The van der Waals surface area contributed by atoms with Gasteiger partial charge in [-0.2, -0.15) is 0 Å². The number of hydrogen-bond donors (Lipinski definition) is 3. The molecule has 0 aliphatic heterocycles. The Labute approximate surface area is 111 Å². The molecule has 0 aliphatic carbocycles. The first-order valence-electron chi connectivity index (χ1n) is 6.60. The summed E-state index contributed by atoms with van der Waals surface area (Å²) in [6, 6.07) is 5.47. The van der Waals surface area contributed by atoms with E-state index < -0.39 is 5.76 Å². The first-order chi connectivity index (χ1) is 9.12. The summed E-state index contributed by atoms with van der Waals surface area (Å²) in [6.45, 7) is 5.03. The summed E-state index contributed by atoms with van der Waals surface area (Å²) in [5.74, 6) is -0.445. The highest BCUT2D eigenvalue weighted by Gasteiger charge is 2.24. The van der Waals surface area contributed by atoms with Gasteiger partial charge in [0.1, 0.15) is 0 Å². The minimum Gasteiger partial charge on any atom is -0.408 e. The highest BCUT2D eigenvalue weighted by molar-refractivity contribution is 5.76. The number of aliphatic hydroxyl groups is 1. The molecule has 1 aromatic carbocycles. The van der Waals surface area contributed by atoms with Crippen molar-refractivity contribution in [2.45, 2.75) is 26.7 Å². The highest BCUT2D eigenvalue weighted by Crippen LogP contribution is 2.26. The number of benzene rings is 1. The van der Waals surface area contributed by atoms with E-state index in [1.165, 1.54) is 0 Å². The fourth-order valence-corrected chi connectivity index (χ4v) is 2.13. The van der Waals surface area contributed by atoms with Crippen LogP contribution in [-0.2, 0) is 0 Å². The maximum atomic E-state index is 11.1. The number of aromatic amines is 1. The molecule has 1 aromatic heterocycles. The second-order valence-corrected chi connectivity index (χ2v) is 4.94. The smallest absolute Gasteiger partial charge is 0.408 e. The second-order valence-electron chi connectivity index (χ2n) is 4.94. The molecule has 2 rings (SSSR count). The Morgan fingerprint density at radius 2 is 2.11 bits per heavy atom. The Hall–Kier alpha value is -1.75. The minimum atomic E-state index is -0.445. The van der Waals surface area contributed by atoms with Gasteiger partial charge in [0.15, 0.2) is 5.58 Å². The molecule has 0 fully saturated rings. The zero-order valence-electron chi connectivity index (χ0n) is 11.3. The fourth-order valence-electron chi connectivity index (χ4n) is 2.13. The van der Waals surface area contributed by atoms with Crippen LogP contribution in [0.4, 0.5) is 5.69 Å². The zero-order valence-corrected chi connectivity index (χ0v) is 11.3. The molecule has 0 aliphatic rings. The molecule has 0 saturated heterocycles. The predicted octanol–water partition coefficient (Wildman–Crippen LogP) is 2.33. The van der Waals surface area contributed by atoms with Crippen LogP contribution in [-0.4, -0.2) is 23.2 Å². The van der Waals surface area contributed by atoms with Crippen molar-refractivity contribution in [1.82, 2.24) is 4.98 Å². The van der Waals surface area contributed by atoms with E-state index in [4.69, 9.17) is 4.42 Å². The van der Waals surface area contributed by atoms with Crippen LogP contribution in [0.15, 0.2) is 27.4 Å². The van der Waals surface area contributed by atoms with Crippen LogP contribution in [0.25, 0.3) is 11.1 Å². The van der Waals surface area contributed by atoms with Crippen LogP contribution in [0.1, 0.15) is 26.7 Å². The number of oxazole rings is 1. The average Bonchev–Trinajstić information content (AvgIpc) is 2.80. The molecule has 5 heteroatoms. The van der Waals surface area contributed by atoms with E-state index in [2.05, 4.69) is 24.1 Å². The van der Waals surface area contributed by atoms with Gasteiger partial charge in [-0.15, -0.1) is 0 Å². The molecule has 0 saturated carbocycles. The molecule has 0 amide bonds. The molecule has 2 aromatic rings. The molecule has 0 atom stereocenters. The lowest BCUT2D eigenvalue weighted by Crippen LogP contribution is -2.32. The number of aromatic nitrogens is 1. The van der Waals surface area contributed by atoms with E-state index >= 15 is 0 Å². The lowest BCUT2D eigenvalue weighted by atomic mass is 9.83. The first-order valence-corrected chi connectivity index (χ1v) is 6.60. The summed E-state index contributed by atoms with van der Waals surface area (Å²) in [4.78, 5) is 13.7. The Bertz CT molecular complexity index is 588. The summed E-state index contributed by atoms with van der Waals surface area (Å²) < 4.78 is 4.95. The third-order valence-corrected chi connectivity index (χ3v) is 3.92. The van der Waals surface area contributed by atoms with E-state index in [1.54, 1.807) is 6.07 Å². The molecule has 5 nitrogen and oxygen atoms in total. The van der Waals surface area contributed by atoms with Crippen LogP contribution in [0.2, 0.25) is 0 Å². The second kappa shape index (κ2) is 5.48. The molecular formula is C14H20N2O3. The summed E-state index contributed by atoms with van der Waals surface area (Å²) in [6.07, 6.45) is 1.83. The molecule has 1 heterocycles. The van der Waals surface area contributed by atoms with Gasteiger partial charge in [0.05, 0.1) is 12.1 Å². The summed E-state index contributed by atoms with van der Waals surface area (Å²) in [5.41, 5.74) is 2.04. The predicted molar refractivity (Wildman–Crippen MR) is 75.4 cm³/mol. The Morgan fingerprint density at radius 3 is 2.74 bits per heavy atom. The number of hydrogen-bond acceptors (Lipinski definition) is 4. The van der Waals surface area contributed by atoms with Crippen molar-refractivity contribution >= 4 is 16.8 Å². The van der Waals surface area contributed by atoms with Crippen molar-refractivity contribution in [3.8, 4) is 0 Å². The summed E-state index contributed by atoms with van der Waals surface area (Å²) in [7, 11) is 0. The molecule has 0 bridgehead atoms. The van der Waals surface area contributed by atoms with Crippen molar-refractivity contribution in [2.75, 3.05) is 18.5 Å². The van der Waals surface area contributed by atoms with Crippen LogP contribution in [0.3, 0.4) is 0 Å². The minimum absolute atomic E-state index is 0.0985. The number of aliphatic hydroxyl groups excluding tert-OH is 1. The van der Waals surface area contributed by atoms with E-state index in [-0.39, 0.29) is 12.0 Å². The maximum absolute atomic E-state index is 11.1. The van der Waals surface area contributed by atoms with Gasteiger partial charge >= 0.3 is 5.76 Å². The number of fused-ring (bicyclic) bond motifs is 1. The maximum Gasteiger partial charge on any atom is 0.417 e. The molecule has 0 radical (unpaired) electrons. The van der Waals surface area contributed by atoms with Crippen molar-refractivity contribution in [3.05, 3.63) is 28.7 Å². The quantitative estimate of drug-likeness (QED) is 0.748. The molecule has 104 valence electrons. The molecular weight excluding hydrogens is 244 g/mol. The Morgan fingerprint density at radius 1 is 1.37 bits per heavy atom. The molecule has 0 spiro atoms. The first kappa shape index (κ1) is 13.7. The van der Waals surface area contributed by atoms with Gasteiger partial charge in [-0.3, -0.25) is 4.98 Å². The third-order valence-electron chi connectivity index (χ3n) is 3.92. The molecule has 3 N–H and O–H groups in total.